The van der Waals surface area contributed by atoms with Crippen molar-refractivity contribution in [3.05, 3.63) is 54.2 Å². The maximum absolute atomic E-state index is 13.1. The Morgan fingerprint density at radius 1 is 1.12 bits per heavy atom. The van der Waals surface area contributed by atoms with Crippen LogP contribution >= 0.6 is 0 Å². The number of fused-ring (bicyclic) bond motifs is 1. The summed E-state index contributed by atoms with van der Waals surface area (Å²) in [6.07, 6.45) is 11.5. The van der Waals surface area contributed by atoms with Gasteiger partial charge in [0.1, 0.15) is 0 Å². The van der Waals surface area contributed by atoms with Crippen molar-refractivity contribution in [3.63, 3.8) is 0 Å². The fourth-order valence-corrected chi connectivity index (χ4v) is 5.97. The van der Waals surface area contributed by atoms with Crippen LogP contribution in [0.2, 0.25) is 0 Å². The molecule has 5 heteroatoms. The van der Waals surface area contributed by atoms with Crippen LogP contribution in [-0.2, 0) is 15.8 Å². The highest BCUT2D eigenvalue weighted by molar-refractivity contribution is 7.88. The highest BCUT2D eigenvalue weighted by Crippen LogP contribution is 2.41. The van der Waals surface area contributed by atoms with E-state index in [2.05, 4.69) is 17.1 Å². The van der Waals surface area contributed by atoms with Gasteiger partial charge >= 0.3 is 0 Å². The number of aromatic nitrogens is 1. The number of hydrogen-bond acceptors (Lipinski definition) is 3. The van der Waals surface area contributed by atoms with Gasteiger partial charge in [-0.25, -0.2) is 12.7 Å². The SMILES string of the molecule is O=S(=O)(Cc1cccc2cccnc12)N1CCCC2(CC=CCC2)C1. The summed E-state index contributed by atoms with van der Waals surface area (Å²) in [5.41, 5.74) is 1.74. The van der Waals surface area contributed by atoms with Crippen LogP contribution in [0.15, 0.2) is 48.7 Å². The van der Waals surface area contributed by atoms with Crippen molar-refractivity contribution in [1.82, 2.24) is 9.29 Å². The van der Waals surface area contributed by atoms with Gasteiger partial charge < -0.3 is 0 Å². The Morgan fingerprint density at radius 3 is 2.84 bits per heavy atom. The van der Waals surface area contributed by atoms with Gasteiger partial charge in [-0.2, -0.15) is 0 Å². The van der Waals surface area contributed by atoms with E-state index in [9.17, 15) is 8.42 Å². The van der Waals surface area contributed by atoms with Crippen molar-refractivity contribution >= 4 is 20.9 Å². The summed E-state index contributed by atoms with van der Waals surface area (Å²) in [5, 5.41) is 0.989. The van der Waals surface area contributed by atoms with E-state index in [4.69, 9.17) is 0 Å². The lowest BCUT2D eigenvalue weighted by Crippen LogP contribution is -2.46. The Morgan fingerprint density at radius 2 is 2.00 bits per heavy atom. The number of sulfonamides is 1. The van der Waals surface area contributed by atoms with Gasteiger partial charge in [0.15, 0.2) is 0 Å². The first kappa shape index (κ1) is 16.7. The summed E-state index contributed by atoms with van der Waals surface area (Å²) in [6.45, 7) is 1.31. The van der Waals surface area contributed by atoms with Gasteiger partial charge in [-0.15, -0.1) is 0 Å². The monoisotopic (exact) mass is 356 g/mol. The fourth-order valence-electron chi connectivity index (χ4n) is 4.29. The number of para-hydroxylation sites is 1. The van der Waals surface area contributed by atoms with Gasteiger partial charge in [-0.05, 0) is 49.1 Å². The molecule has 1 fully saturated rings. The average molecular weight is 356 g/mol. The molecule has 4 rings (SSSR count). The standard InChI is InChI=1S/C20H24N2O2S/c23-25(24,15-18-8-4-7-17-9-5-13-21-19(17)18)22-14-6-12-20(16-22)10-2-1-3-11-20/h1-2,4-5,7-9,13H,3,6,10-12,14-16H2. The molecule has 132 valence electrons. The first-order valence-corrected chi connectivity index (χ1v) is 10.6. The van der Waals surface area contributed by atoms with Crippen molar-refractivity contribution in [2.45, 2.75) is 37.9 Å². The second-order valence-corrected chi connectivity index (χ2v) is 9.37. The number of pyridine rings is 1. The molecule has 0 radical (unpaired) electrons. The molecular formula is C20H24N2O2S. The topological polar surface area (TPSA) is 50.3 Å². The van der Waals surface area contributed by atoms with Gasteiger partial charge in [-0.1, -0.05) is 36.4 Å². The maximum atomic E-state index is 13.1. The molecule has 0 saturated carbocycles. The van der Waals surface area contributed by atoms with E-state index >= 15 is 0 Å². The molecule has 1 atom stereocenters. The molecule has 1 unspecified atom stereocenters. The van der Waals surface area contributed by atoms with Crippen LogP contribution in [0.5, 0.6) is 0 Å². The Kier molecular flexibility index (Phi) is 4.38. The minimum Gasteiger partial charge on any atom is -0.256 e. The zero-order valence-corrected chi connectivity index (χ0v) is 15.2. The van der Waals surface area contributed by atoms with Gasteiger partial charge in [0.05, 0.1) is 11.3 Å². The molecule has 1 aromatic heterocycles. The van der Waals surface area contributed by atoms with Crippen LogP contribution in [0.25, 0.3) is 10.9 Å². The molecule has 25 heavy (non-hydrogen) atoms. The number of hydrogen-bond donors (Lipinski definition) is 0. The predicted molar refractivity (Wildman–Crippen MR) is 101 cm³/mol. The smallest absolute Gasteiger partial charge is 0.218 e. The van der Waals surface area contributed by atoms with Crippen LogP contribution < -0.4 is 0 Å². The minimum atomic E-state index is -3.33. The molecule has 4 nitrogen and oxygen atoms in total. The van der Waals surface area contributed by atoms with Crippen LogP contribution in [0.3, 0.4) is 0 Å². The Labute approximate surface area is 149 Å². The normalized spacial score (nSPS) is 24.8. The molecule has 2 heterocycles. The molecule has 1 aliphatic heterocycles. The van der Waals surface area contributed by atoms with Gasteiger partial charge in [-0.3, -0.25) is 4.98 Å². The van der Waals surface area contributed by atoms with Gasteiger partial charge in [0.25, 0.3) is 0 Å². The summed E-state index contributed by atoms with van der Waals surface area (Å²) in [5.74, 6) is 0.0350. The van der Waals surface area contributed by atoms with Gasteiger partial charge in [0.2, 0.25) is 10.0 Å². The van der Waals surface area contributed by atoms with Crippen LogP contribution in [0, 0.1) is 5.41 Å². The molecule has 1 spiro atoms. The third-order valence-corrected chi connectivity index (χ3v) is 7.41. The number of piperidine rings is 1. The number of rotatable bonds is 3. The quantitative estimate of drug-likeness (QED) is 0.784. The molecule has 0 amide bonds. The molecular weight excluding hydrogens is 332 g/mol. The summed E-state index contributed by atoms with van der Waals surface area (Å²) >= 11 is 0. The van der Waals surface area contributed by atoms with Crippen molar-refractivity contribution in [1.29, 1.82) is 0 Å². The summed E-state index contributed by atoms with van der Waals surface area (Å²) < 4.78 is 27.9. The highest BCUT2D eigenvalue weighted by Gasteiger charge is 2.39. The molecule has 0 bridgehead atoms. The van der Waals surface area contributed by atoms with Crippen molar-refractivity contribution in [2.24, 2.45) is 5.41 Å². The largest absolute Gasteiger partial charge is 0.256 e. The Balaban J connectivity index is 1.60. The van der Waals surface area contributed by atoms with E-state index in [1.165, 1.54) is 0 Å². The average Bonchev–Trinajstić information content (AvgIpc) is 2.63. The van der Waals surface area contributed by atoms with Crippen LogP contribution in [0.1, 0.15) is 37.7 Å². The lowest BCUT2D eigenvalue weighted by Gasteiger charge is -2.43. The first-order valence-electron chi connectivity index (χ1n) is 9.04. The summed E-state index contributed by atoms with van der Waals surface area (Å²) in [6, 6.07) is 9.63. The Hall–Kier alpha value is -1.72. The zero-order chi connectivity index (χ0) is 17.3. The third kappa shape index (κ3) is 3.35. The number of benzene rings is 1. The third-order valence-electron chi connectivity index (χ3n) is 5.63. The molecule has 2 aliphatic rings. The van der Waals surface area contributed by atoms with Crippen molar-refractivity contribution < 1.29 is 8.42 Å². The fraction of sp³-hybridized carbons (Fsp3) is 0.450. The maximum Gasteiger partial charge on any atom is 0.218 e. The van der Waals surface area contributed by atoms with Crippen molar-refractivity contribution in [2.75, 3.05) is 13.1 Å². The van der Waals surface area contributed by atoms with Crippen LogP contribution in [-0.4, -0.2) is 30.8 Å². The summed E-state index contributed by atoms with van der Waals surface area (Å²) in [7, 11) is -3.33. The zero-order valence-electron chi connectivity index (χ0n) is 14.4. The summed E-state index contributed by atoms with van der Waals surface area (Å²) in [4.78, 5) is 4.40. The lowest BCUT2D eigenvalue weighted by molar-refractivity contribution is 0.132. The van der Waals surface area contributed by atoms with Crippen LogP contribution in [0.4, 0.5) is 0 Å². The molecule has 1 aliphatic carbocycles. The van der Waals surface area contributed by atoms with E-state index in [-0.39, 0.29) is 11.2 Å². The first-order chi connectivity index (χ1) is 12.1. The second kappa shape index (κ2) is 6.54. The second-order valence-electron chi connectivity index (χ2n) is 7.40. The lowest BCUT2D eigenvalue weighted by atomic mass is 9.72. The molecule has 0 N–H and O–H groups in total. The van der Waals surface area contributed by atoms with Crippen molar-refractivity contribution in [3.8, 4) is 0 Å². The van der Waals surface area contributed by atoms with E-state index in [1.807, 2.05) is 30.3 Å². The highest BCUT2D eigenvalue weighted by atomic mass is 32.2. The number of nitrogens with zero attached hydrogens (tertiary/aromatic N) is 2. The van der Waals surface area contributed by atoms with E-state index in [1.54, 1.807) is 10.5 Å². The molecule has 1 aromatic carbocycles. The van der Waals surface area contributed by atoms with Gasteiger partial charge in [0, 0.05) is 24.7 Å². The van der Waals surface area contributed by atoms with E-state index in [0.717, 1.165) is 48.6 Å². The van der Waals surface area contributed by atoms with E-state index < -0.39 is 10.0 Å². The minimum absolute atomic E-state index is 0.0350. The molecule has 2 aromatic rings. The predicted octanol–water partition coefficient (Wildman–Crippen LogP) is 3.89. The number of allylic oxidation sites excluding steroid dienone is 2. The Bertz CT molecular complexity index is 902. The van der Waals surface area contributed by atoms with E-state index in [0.29, 0.717) is 13.1 Å². The molecule has 1 saturated heterocycles.